The first-order chi connectivity index (χ1) is 8.45. The van der Waals surface area contributed by atoms with Gasteiger partial charge in [-0.15, -0.1) is 0 Å². The van der Waals surface area contributed by atoms with Crippen LogP contribution in [0.25, 0.3) is 0 Å². The lowest BCUT2D eigenvalue weighted by atomic mass is 10.1. The van der Waals surface area contributed by atoms with Crippen LogP contribution in [-0.4, -0.2) is 13.2 Å². The Morgan fingerprint density at radius 2 is 1.89 bits per heavy atom. The van der Waals surface area contributed by atoms with Crippen LogP contribution in [0.2, 0.25) is 0 Å². The molecule has 102 valence electrons. The van der Waals surface area contributed by atoms with Gasteiger partial charge in [0.15, 0.2) is 0 Å². The van der Waals surface area contributed by atoms with Crippen molar-refractivity contribution >= 4 is 0 Å². The van der Waals surface area contributed by atoms with Crippen LogP contribution in [-0.2, 0) is 0 Å². The maximum absolute atomic E-state index is 13.9. The van der Waals surface area contributed by atoms with Gasteiger partial charge >= 0.3 is 0 Å². The van der Waals surface area contributed by atoms with E-state index in [0.717, 1.165) is 6.42 Å². The lowest BCUT2D eigenvalue weighted by molar-refractivity contribution is 0.189. The van der Waals surface area contributed by atoms with Crippen LogP contribution in [0.5, 0.6) is 5.75 Å². The van der Waals surface area contributed by atoms with Crippen molar-refractivity contribution in [3.8, 4) is 5.75 Å². The average Bonchev–Trinajstić information content (AvgIpc) is 2.27. The van der Waals surface area contributed by atoms with E-state index in [9.17, 15) is 4.39 Å². The summed E-state index contributed by atoms with van der Waals surface area (Å²) in [5.74, 6) is 0.995. The van der Waals surface area contributed by atoms with Gasteiger partial charge in [0.2, 0.25) is 0 Å². The number of nitrogens with one attached hydrogen (secondary N) is 1. The van der Waals surface area contributed by atoms with Crippen molar-refractivity contribution in [3.05, 3.63) is 29.6 Å². The molecule has 1 aromatic rings. The van der Waals surface area contributed by atoms with Gasteiger partial charge in [0.1, 0.15) is 11.6 Å². The Morgan fingerprint density at radius 1 is 1.22 bits per heavy atom. The van der Waals surface area contributed by atoms with Gasteiger partial charge in [-0.25, -0.2) is 4.39 Å². The first kappa shape index (κ1) is 15.0. The summed E-state index contributed by atoms with van der Waals surface area (Å²) in [6.45, 7) is 8.27. The molecule has 0 spiro atoms. The van der Waals surface area contributed by atoms with Gasteiger partial charge < -0.3 is 10.1 Å². The molecule has 3 heteroatoms. The zero-order valence-electron chi connectivity index (χ0n) is 12.0. The molecule has 0 bridgehead atoms. The van der Waals surface area contributed by atoms with Crippen LogP contribution in [0.4, 0.5) is 4.39 Å². The molecule has 0 aromatic heterocycles. The van der Waals surface area contributed by atoms with Crippen molar-refractivity contribution in [3.63, 3.8) is 0 Å². The summed E-state index contributed by atoms with van der Waals surface area (Å²) in [7, 11) is 1.82. The minimum atomic E-state index is -0.217. The fraction of sp³-hybridized carbons (Fsp3) is 0.600. The Labute approximate surface area is 110 Å². The molecule has 2 unspecified atom stereocenters. The zero-order chi connectivity index (χ0) is 13.7. The van der Waals surface area contributed by atoms with E-state index in [1.807, 2.05) is 27.0 Å². The minimum Gasteiger partial charge on any atom is -0.490 e. The smallest absolute Gasteiger partial charge is 0.131 e. The van der Waals surface area contributed by atoms with Gasteiger partial charge in [-0.05, 0) is 45.4 Å². The lowest BCUT2D eigenvalue weighted by Gasteiger charge is -2.21. The van der Waals surface area contributed by atoms with Crippen molar-refractivity contribution in [2.75, 3.05) is 7.05 Å². The van der Waals surface area contributed by atoms with Crippen molar-refractivity contribution in [1.82, 2.24) is 5.32 Å². The summed E-state index contributed by atoms with van der Waals surface area (Å²) in [5, 5.41) is 3.06. The van der Waals surface area contributed by atoms with Gasteiger partial charge in [-0.1, -0.05) is 19.9 Å². The molecule has 18 heavy (non-hydrogen) atoms. The maximum atomic E-state index is 13.9. The Bertz CT molecular complexity index is 379. The third-order valence-corrected chi connectivity index (χ3v) is 3.01. The van der Waals surface area contributed by atoms with E-state index in [2.05, 4.69) is 19.2 Å². The van der Waals surface area contributed by atoms with E-state index < -0.39 is 0 Å². The highest BCUT2D eigenvalue weighted by Gasteiger charge is 2.17. The van der Waals surface area contributed by atoms with E-state index in [-0.39, 0.29) is 18.0 Å². The standard InChI is InChI=1S/C15H24FNO/c1-10(2)9-11(3)18-14-8-6-7-13(16)15(14)12(4)17-5/h6-8,10-12,17H,9H2,1-5H3. The second-order valence-corrected chi connectivity index (χ2v) is 5.22. The summed E-state index contributed by atoms with van der Waals surface area (Å²) in [4.78, 5) is 0. The molecule has 1 aromatic carbocycles. The number of rotatable bonds is 6. The molecule has 0 aliphatic rings. The summed E-state index contributed by atoms with van der Waals surface area (Å²) < 4.78 is 19.8. The first-order valence-corrected chi connectivity index (χ1v) is 6.58. The van der Waals surface area contributed by atoms with Gasteiger partial charge in [-0.2, -0.15) is 0 Å². The topological polar surface area (TPSA) is 21.3 Å². The van der Waals surface area contributed by atoms with Gasteiger partial charge in [0.25, 0.3) is 0 Å². The van der Waals surface area contributed by atoms with E-state index in [4.69, 9.17) is 4.74 Å². The van der Waals surface area contributed by atoms with E-state index >= 15 is 0 Å². The second kappa shape index (κ2) is 6.74. The Hall–Kier alpha value is -1.09. The Balaban J connectivity index is 2.91. The molecule has 0 aliphatic heterocycles. The fourth-order valence-corrected chi connectivity index (χ4v) is 2.11. The molecule has 0 fully saturated rings. The van der Waals surface area contributed by atoms with Crippen LogP contribution in [0, 0.1) is 11.7 Å². The van der Waals surface area contributed by atoms with E-state index in [1.54, 1.807) is 6.07 Å². The van der Waals surface area contributed by atoms with E-state index in [0.29, 0.717) is 17.2 Å². The third-order valence-electron chi connectivity index (χ3n) is 3.01. The van der Waals surface area contributed by atoms with Crippen molar-refractivity contribution in [1.29, 1.82) is 0 Å². The van der Waals surface area contributed by atoms with Gasteiger partial charge in [0, 0.05) is 11.6 Å². The predicted molar refractivity (Wildman–Crippen MR) is 73.4 cm³/mol. The minimum absolute atomic E-state index is 0.0625. The monoisotopic (exact) mass is 253 g/mol. The number of ether oxygens (including phenoxy) is 1. The van der Waals surface area contributed by atoms with Crippen molar-refractivity contribution < 1.29 is 9.13 Å². The van der Waals surface area contributed by atoms with Crippen LogP contribution >= 0.6 is 0 Å². The normalized spacial score (nSPS) is 14.6. The Kier molecular flexibility index (Phi) is 5.60. The molecule has 2 atom stereocenters. The largest absolute Gasteiger partial charge is 0.490 e. The molecule has 2 nitrogen and oxygen atoms in total. The van der Waals surface area contributed by atoms with Crippen LogP contribution < -0.4 is 10.1 Å². The molecule has 0 aliphatic carbocycles. The Morgan fingerprint density at radius 3 is 2.44 bits per heavy atom. The van der Waals surface area contributed by atoms with Crippen LogP contribution in [0.1, 0.15) is 45.7 Å². The first-order valence-electron chi connectivity index (χ1n) is 6.58. The quantitative estimate of drug-likeness (QED) is 0.829. The van der Waals surface area contributed by atoms with Gasteiger partial charge in [-0.3, -0.25) is 0 Å². The molecule has 1 N–H and O–H groups in total. The molecule has 0 amide bonds. The number of benzene rings is 1. The molecule has 0 radical (unpaired) electrons. The summed E-state index contributed by atoms with van der Waals surface area (Å²) in [5.41, 5.74) is 0.607. The summed E-state index contributed by atoms with van der Waals surface area (Å²) in [6, 6.07) is 4.94. The highest BCUT2D eigenvalue weighted by atomic mass is 19.1. The van der Waals surface area contributed by atoms with E-state index in [1.165, 1.54) is 6.07 Å². The fourth-order valence-electron chi connectivity index (χ4n) is 2.11. The molecular formula is C15H24FNO. The predicted octanol–water partition coefficient (Wildman–Crippen LogP) is 3.92. The summed E-state index contributed by atoms with van der Waals surface area (Å²) in [6.07, 6.45) is 1.05. The lowest BCUT2D eigenvalue weighted by Crippen LogP contribution is -2.19. The SMILES string of the molecule is CNC(C)c1c(F)cccc1OC(C)CC(C)C. The molecule has 0 saturated carbocycles. The number of hydrogen-bond acceptors (Lipinski definition) is 2. The van der Waals surface area contributed by atoms with Gasteiger partial charge in [0.05, 0.1) is 6.10 Å². The van der Waals surface area contributed by atoms with Crippen molar-refractivity contribution in [2.24, 2.45) is 5.92 Å². The highest BCUT2D eigenvalue weighted by Crippen LogP contribution is 2.29. The molecule has 1 rings (SSSR count). The maximum Gasteiger partial charge on any atom is 0.131 e. The number of hydrogen-bond donors (Lipinski definition) is 1. The third kappa shape index (κ3) is 3.98. The van der Waals surface area contributed by atoms with Crippen molar-refractivity contribution in [2.45, 2.75) is 46.3 Å². The van der Waals surface area contributed by atoms with Crippen LogP contribution in [0.3, 0.4) is 0 Å². The van der Waals surface area contributed by atoms with Crippen LogP contribution in [0.15, 0.2) is 18.2 Å². The average molecular weight is 253 g/mol. The number of halogens is 1. The molecular weight excluding hydrogens is 229 g/mol. The highest BCUT2D eigenvalue weighted by molar-refractivity contribution is 5.37. The summed E-state index contributed by atoms with van der Waals surface area (Å²) >= 11 is 0. The molecule has 0 heterocycles. The molecule has 0 saturated heterocycles. The second-order valence-electron chi connectivity index (χ2n) is 5.22. The zero-order valence-corrected chi connectivity index (χ0v) is 12.0.